The molecule has 0 aliphatic heterocycles. The Kier molecular flexibility index (Phi) is 3.78. The highest BCUT2D eigenvalue weighted by Gasteiger charge is 2.20. The van der Waals surface area contributed by atoms with Gasteiger partial charge in [-0.05, 0) is 59.2 Å². The molecular formula is C19H20O2. The van der Waals surface area contributed by atoms with Gasteiger partial charge in [-0.1, -0.05) is 42.8 Å². The zero-order chi connectivity index (χ0) is 14.8. The third kappa shape index (κ3) is 2.58. The Labute approximate surface area is 125 Å². The number of carboxylic acid groups (broad SMARTS) is 1. The smallest absolute Gasteiger partial charge is 0.303 e. The first-order chi connectivity index (χ1) is 10.2. The number of aliphatic carboxylic acids is 1. The van der Waals surface area contributed by atoms with Crippen molar-refractivity contribution < 1.29 is 9.90 Å². The van der Waals surface area contributed by atoms with Crippen molar-refractivity contribution in [3.8, 4) is 0 Å². The van der Waals surface area contributed by atoms with Crippen molar-refractivity contribution in [2.75, 3.05) is 0 Å². The second-order valence-electron chi connectivity index (χ2n) is 5.77. The van der Waals surface area contributed by atoms with Crippen molar-refractivity contribution in [1.29, 1.82) is 0 Å². The van der Waals surface area contributed by atoms with Crippen LogP contribution < -0.4 is 0 Å². The van der Waals surface area contributed by atoms with Crippen LogP contribution in [0.1, 0.15) is 50.2 Å². The highest BCUT2D eigenvalue weighted by atomic mass is 16.4. The van der Waals surface area contributed by atoms with Crippen LogP contribution >= 0.6 is 0 Å². The third-order valence-electron chi connectivity index (χ3n) is 4.40. The van der Waals surface area contributed by atoms with E-state index in [9.17, 15) is 4.79 Å². The van der Waals surface area contributed by atoms with Gasteiger partial charge >= 0.3 is 5.97 Å². The fraction of sp³-hybridized carbons (Fsp3) is 0.316. The van der Waals surface area contributed by atoms with Gasteiger partial charge in [0.15, 0.2) is 0 Å². The summed E-state index contributed by atoms with van der Waals surface area (Å²) < 4.78 is 0. The molecule has 0 spiro atoms. The van der Waals surface area contributed by atoms with Gasteiger partial charge in [-0.25, -0.2) is 0 Å². The van der Waals surface area contributed by atoms with Gasteiger partial charge in [0, 0.05) is 6.42 Å². The minimum atomic E-state index is -0.691. The molecule has 0 saturated carbocycles. The number of rotatable bonds is 6. The fourth-order valence-electron chi connectivity index (χ4n) is 3.35. The fourth-order valence-corrected chi connectivity index (χ4v) is 3.35. The first-order valence-electron chi connectivity index (χ1n) is 7.62. The van der Waals surface area contributed by atoms with E-state index >= 15 is 0 Å². The van der Waals surface area contributed by atoms with Crippen molar-refractivity contribution in [1.82, 2.24) is 0 Å². The average Bonchev–Trinajstić information content (AvgIpc) is 2.75. The minimum Gasteiger partial charge on any atom is -0.481 e. The van der Waals surface area contributed by atoms with E-state index in [1.54, 1.807) is 0 Å². The quantitative estimate of drug-likeness (QED) is 0.746. The summed E-state index contributed by atoms with van der Waals surface area (Å²) in [4.78, 5) is 10.5. The van der Waals surface area contributed by atoms with Crippen molar-refractivity contribution >= 4 is 27.9 Å². The third-order valence-corrected chi connectivity index (χ3v) is 4.40. The van der Waals surface area contributed by atoms with E-state index in [-0.39, 0.29) is 6.42 Å². The van der Waals surface area contributed by atoms with Gasteiger partial charge in [0.1, 0.15) is 0 Å². The van der Waals surface area contributed by atoms with Gasteiger partial charge in [-0.2, -0.15) is 0 Å². The molecule has 2 aromatic rings. The molecule has 0 radical (unpaired) electrons. The highest BCUT2D eigenvalue weighted by molar-refractivity contribution is 6.13. The lowest BCUT2D eigenvalue weighted by Gasteiger charge is -2.06. The van der Waals surface area contributed by atoms with Crippen LogP contribution in [0.2, 0.25) is 0 Å². The number of carboxylic acids is 1. The van der Waals surface area contributed by atoms with E-state index < -0.39 is 5.97 Å². The first-order valence-corrected chi connectivity index (χ1v) is 7.62. The van der Waals surface area contributed by atoms with Crippen molar-refractivity contribution in [2.24, 2.45) is 0 Å². The van der Waals surface area contributed by atoms with E-state index in [0.717, 1.165) is 25.7 Å². The normalized spacial score (nSPS) is 13.2. The topological polar surface area (TPSA) is 37.3 Å². The molecule has 2 heteroatoms. The Morgan fingerprint density at radius 1 is 1.00 bits per heavy atom. The Balaban J connectivity index is 1.77. The minimum absolute atomic E-state index is 0.286. The molecule has 0 unspecified atom stereocenters. The summed E-state index contributed by atoms with van der Waals surface area (Å²) in [6.45, 7) is 2.21. The summed E-state index contributed by atoms with van der Waals surface area (Å²) in [5.41, 5.74) is 5.57. The molecule has 0 bridgehead atoms. The van der Waals surface area contributed by atoms with Gasteiger partial charge in [0.25, 0.3) is 0 Å². The maximum atomic E-state index is 10.5. The number of hydrogen-bond acceptors (Lipinski definition) is 1. The largest absolute Gasteiger partial charge is 0.481 e. The van der Waals surface area contributed by atoms with E-state index in [4.69, 9.17) is 5.11 Å². The lowest BCUT2D eigenvalue weighted by molar-refractivity contribution is -0.137. The summed E-state index contributed by atoms with van der Waals surface area (Å²) in [6.07, 6.45) is 4.14. The molecule has 1 aliphatic rings. The van der Waals surface area contributed by atoms with E-state index in [1.807, 2.05) is 0 Å². The molecule has 2 aromatic carbocycles. The molecule has 0 heterocycles. The van der Waals surface area contributed by atoms with Crippen LogP contribution in [0.3, 0.4) is 0 Å². The summed E-state index contributed by atoms with van der Waals surface area (Å²) in [5.74, 6) is -0.691. The maximum Gasteiger partial charge on any atom is 0.303 e. The molecule has 0 fully saturated rings. The average molecular weight is 280 g/mol. The number of benzene rings is 2. The van der Waals surface area contributed by atoms with Gasteiger partial charge in [-0.15, -0.1) is 0 Å². The van der Waals surface area contributed by atoms with E-state index in [1.165, 1.54) is 33.0 Å². The molecule has 1 aliphatic carbocycles. The number of hydrogen-bond donors (Lipinski definition) is 1. The second kappa shape index (κ2) is 5.72. The number of carbonyl (C=O) groups is 1. The first kappa shape index (κ1) is 13.9. The monoisotopic (exact) mass is 280 g/mol. The van der Waals surface area contributed by atoms with Crippen LogP contribution in [0.25, 0.3) is 21.9 Å². The van der Waals surface area contributed by atoms with Crippen LogP contribution in [0.15, 0.2) is 36.4 Å². The van der Waals surface area contributed by atoms with Gasteiger partial charge in [0.05, 0.1) is 0 Å². The molecular weight excluding hydrogens is 260 g/mol. The van der Waals surface area contributed by atoms with Crippen molar-refractivity contribution in [3.05, 3.63) is 47.5 Å². The van der Waals surface area contributed by atoms with Crippen LogP contribution in [-0.4, -0.2) is 11.1 Å². The zero-order valence-electron chi connectivity index (χ0n) is 12.4. The number of unbranched alkanes of at least 4 members (excludes halogenated alkanes) is 2. The maximum absolute atomic E-state index is 10.5. The van der Waals surface area contributed by atoms with Gasteiger partial charge in [-0.3, -0.25) is 4.79 Å². The summed E-state index contributed by atoms with van der Waals surface area (Å²) in [5, 5.41) is 11.4. The van der Waals surface area contributed by atoms with Crippen LogP contribution in [0.4, 0.5) is 0 Å². The summed E-state index contributed by atoms with van der Waals surface area (Å²) >= 11 is 0. The lowest BCUT2D eigenvalue weighted by atomic mass is 9.98. The van der Waals surface area contributed by atoms with E-state index in [0.29, 0.717) is 0 Å². The van der Waals surface area contributed by atoms with Crippen LogP contribution in [-0.2, 0) is 4.79 Å². The Morgan fingerprint density at radius 2 is 1.71 bits per heavy atom. The van der Waals surface area contributed by atoms with Crippen LogP contribution in [0, 0.1) is 0 Å². The van der Waals surface area contributed by atoms with Crippen molar-refractivity contribution in [2.45, 2.75) is 39.0 Å². The molecule has 2 nitrogen and oxygen atoms in total. The molecule has 0 saturated heterocycles. The predicted molar refractivity (Wildman–Crippen MR) is 87.2 cm³/mol. The SMILES string of the molecule is CC1=C(CCCCCC(=O)O)c2cccc3cccc1c23. The molecule has 0 amide bonds. The van der Waals surface area contributed by atoms with Gasteiger partial charge < -0.3 is 5.11 Å². The predicted octanol–water partition coefficient (Wildman–Crippen LogP) is 5.12. The zero-order valence-corrected chi connectivity index (χ0v) is 12.4. The van der Waals surface area contributed by atoms with Crippen LogP contribution in [0.5, 0.6) is 0 Å². The molecule has 3 rings (SSSR count). The van der Waals surface area contributed by atoms with Crippen molar-refractivity contribution in [3.63, 3.8) is 0 Å². The molecule has 0 atom stereocenters. The Hall–Kier alpha value is -2.09. The molecule has 0 aromatic heterocycles. The standard InChI is InChI=1S/C19H20O2/c1-13-15(9-3-2-4-12-18(20)21)17-11-6-8-14-7-5-10-16(13)19(14)17/h5-8,10-11H,2-4,9,12H2,1H3,(H,20,21). The molecule has 108 valence electrons. The Bertz CT molecular complexity index is 720. The van der Waals surface area contributed by atoms with Gasteiger partial charge in [0.2, 0.25) is 0 Å². The summed E-state index contributed by atoms with van der Waals surface area (Å²) in [6, 6.07) is 13.0. The Morgan fingerprint density at radius 3 is 2.43 bits per heavy atom. The lowest BCUT2D eigenvalue weighted by Crippen LogP contribution is -1.93. The summed E-state index contributed by atoms with van der Waals surface area (Å²) in [7, 11) is 0. The van der Waals surface area contributed by atoms with E-state index in [2.05, 4.69) is 43.3 Å². The molecule has 1 N–H and O–H groups in total. The number of allylic oxidation sites excluding steroid dienone is 2. The molecule has 21 heavy (non-hydrogen) atoms. The second-order valence-corrected chi connectivity index (χ2v) is 5.77. The highest BCUT2D eigenvalue weighted by Crippen LogP contribution is 2.43.